The molecule has 3 rings (SSSR count). The van der Waals surface area contributed by atoms with E-state index in [4.69, 9.17) is 9.47 Å². The number of aliphatic hydroxyl groups excluding tert-OH is 4. The van der Waals surface area contributed by atoms with Crippen molar-refractivity contribution >= 4 is 10.9 Å². The van der Waals surface area contributed by atoms with E-state index in [0.29, 0.717) is 10.9 Å². The van der Waals surface area contributed by atoms with Crippen LogP contribution < -0.4 is 4.74 Å². The zero-order chi connectivity index (χ0) is 16.6. The fourth-order valence-corrected chi connectivity index (χ4v) is 2.53. The van der Waals surface area contributed by atoms with Crippen LogP contribution in [0.2, 0.25) is 0 Å². The number of phenols is 1. The van der Waals surface area contributed by atoms with Gasteiger partial charge in [0, 0.05) is 11.6 Å². The van der Waals surface area contributed by atoms with Gasteiger partial charge in [-0.3, -0.25) is 4.98 Å². The Labute approximate surface area is 131 Å². The Morgan fingerprint density at radius 1 is 1.09 bits per heavy atom. The number of phenolic OH excluding ortho intramolecular Hbond substituents is 1. The third-order valence-corrected chi connectivity index (χ3v) is 3.80. The lowest BCUT2D eigenvalue weighted by Crippen LogP contribution is -2.60. The molecule has 8 heteroatoms. The monoisotopic (exact) mass is 323 g/mol. The summed E-state index contributed by atoms with van der Waals surface area (Å²) >= 11 is 0. The van der Waals surface area contributed by atoms with Gasteiger partial charge in [0.05, 0.1) is 6.61 Å². The molecule has 5 atom stereocenters. The molecular weight excluding hydrogens is 306 g/mol. The molecule has 1 saturated heterocycles. The number of nitrogens with zero attached hydrogens (tertiary/aromatic N) is 1. The number of fused-ring (bicyclic) bond motifs is 1. The van der Waals surface area contributed by atoms with Gasteiger partial charge < -0.3 is 35.0 Å². The normalized spacial score (nSPS) is 31.2. The number of para-hydroxylation sites is 1. The summed E-state index contributed by atoms with van der Waals surface area (Å²) in [6.07, 6.45) is -5.41. The highest BCUT2D eigenvalue weighted by molar-refractivity contribution is 5.89. The van der Waals surface area contributed by atoms with E-state index < -0.39 is 37.3 Å². The van der Waals surface area contributed by atoms with E-state index in [0.717, 1.165) is 0 Å². The van der Waals surface area contributed by atoms with E-state index in [2.05, 4.69) is 4.98 Å². The van der Waals surface area contributed by atoms with Crippen molar-refractivity contribution in [2.75, 3.05) is 6.61 Å². The number of rotatable bonds is 3. The molecule has 2 heterocycles. The summed E-state index contributed by atoms with van der Waals surface area (Å²) in [4.78, 5) is 4.05. The molecular formula is C15H17NO7. The second kappa shape index (κ2) is 6.26. The Kier molecular flexibility index (Phi) is 4.33. The van der Waals surface area contributed by atoms with E-state index in [9.17, 15) is 25.5 Å². The highest BCUT2D eigenvalue weighted by Crippen LogP contribution is 2.32. The lowest BCUT2D eigenvalue weighted by molar-refractivity contribution is -0.277. The minimum atomic E-state index is -1.52. The Morgan fingerprint density at radius 3 is 2.61 bits per heavy atom. The Morgan fingerprint density at radius 2 is 1.87 bits per heavy atom. The zero-order valence-electron chi connectivity index (χ0n) is 12.0. The number of aliphatic hydroxyl groups is 4. The Bertz CT molecular complexity index is 693. The number of pyridine rings is 1. The number of hydrogen-bond acceptors (Lipinski definition) is 8. The van der Waals surface area contributed by atoms with Crippen LogP contribution in [-0.2, 0) is 4.74 Å². The van der Waals surface area contributed by atoms with Gasteiger partial charge in [-0.2, -0.15) is 0 Å². The van der Waals surface area contributed by atoms with Crippen LogP contribution in [-0.4, -0.2) is 67.8 Å². The molecule has 8 nitrogen and oxygen atoms in total. The molecule has 1 aliphatic heterocycles. The maximum Gasteiger partial charge on any atom is 0.229 e. The molecule has 1 aromatic heterocycles. The average molecular weight is 323 g/mol. The quantitative estimate of drug-likeness (QED) is 0.492. The van der Waals surface area contributed by atoms with Crippen LogP contribution in [0.4, 0.5) is 0 Å². The minimum absolute atomic E-state index is 0.0262. The van der Waals surface area contributed by atoms with Crippen LogP contribution >= 0.6 is 0 Å². The van der Waals surface area contributed by atoms with Crippen LogP contribution in [0, 0.1) is 0 Å². The number of benzene rings is 1. The van der Waals surface area contributed by atoms with Gasteiger partial charge in [-0.15, -0.1) is 0 Å². The minimum Gasteiger partial charge on any atom is -0.506 e. The third-order valence-electron chi connectivity index (χ3n) is 3.80. The number of ether oxygens (including phenoxy) is 2. The van der Waals surface area contributed by atoms with Crippen LogP contribution in [0.3, 0.4) is 0 Å². The molecule has 1 aliphatic rings. The summed E-state index contributed by atoms with van der Waals surface area (Å²) in [6.45, 7) is -0.539. The number of aromatic hydroxyl groups is 1. The van der Waals surface area contributed by atoms with Crippen LogP contribution in [0.15, 0.2) is 30.5 Å². The first kappa shape index (κ1) is 15.9. The lowest BCUT2D eigenvalue weighted by atomic mass is 9.99. The van der Waals surface area contributed by atoms with Gasteiger partial charge >= 0.3 is 0 Å². The van der Waals surface area contributed by atoms with Gasteiger partial charge in [-0.05, 0) is 18.2 Å². The van der Waals surface area contributed by atoms with Crippen molar-refractivity contribution in [2.24, 2.45) is 0 Å². The van der Waals surface area contributed by atoms with E-state index in [1.165, 1.54) is 18.3 Å². The second-order valence-corrected chi connectivity index (χ2v) is 5.30. The summed E-state index contributed by atoms with van der Waals surface area (Å²) < 4.78 is 10.9. The number of aromatic nitrogens is 1. The first-order chi connectivity index (χ1) is 11.0. The molecule has 0 saturated carbocycles. The summed E-state index contributed by atoms with van der Waals surface area (Å²) in [7, 11) is 0. The standard InChI is InChI=1S/C15H17NO7/c17-6-10-12(19)13(20)14(21)15(23-10)22-9-4-5-16-11-7(9)2-1-3-8(11)18/h1-5,10,12-15,17-21H,6H2/t10-,12+,13+,14-,15+/m1/s1. The largest absolute Gasteiger partial charge is 0.506 e. The van der Waals surface area contributed by atoms with Crippen LogP contribution in [0.5, 0.6) is 11.5 Å². The fraction of sp³-hybridized carbons (Fsp3) is 0.400. The summed E-state index contributed by atoms with van der Waals surface area (Å²) in [5, 5.41) is 49.0. The molecule has 1 aromatic carbocycles. The summed E-state index contributed by atoms with van der Waals surface area (Å²) in [6, 6.07) is 6.27. The smallest absolute Gasteiger partial charge is 0.229 e. The van der Waals surface area contributed by atoms with Gasteiger partial charge in [-0.1, -0.05) is 6.07 Å². The molecule has 0 bridgehead atoms. The van der Waals surface area contributed by atoms with Crippen molar-refractivity contribution in [3.63, 3.8) is 0 Å². The first-order valence-electron chi connectivity index (χ1n) is 7.07. The van der Waals surface area contributed by atoms with E-state index in [1.807, 2.05) is 0 Å². The summed E-state index contributed by atoms with van der Waals surface area (Å²) in [5.74, 6) is 0.247. The van der Waals surface area contributed by atoms with Gasteiger partial charge in [-0.25, -0.2) is 0 Å². The van der Waals surface area contributed by atoms with Crippen molar-refractivity contribution < 1.29 is 35.0 Å². The zero-order valence-corrected chi connectivity index (χ0v) is 12.0. The summed E-state index contributed by atoms with van der Waals surface area (Å²) in [5.41, 5.74) is 0.314. The van der Waals surface area contributed by atoms with Crippen molar-refractivity contribution in [1.82, 2.24) is 4.98 Å². The van der Waals surface area contributed by atoms with Crippen molar-refractivity contribution in [1.29, 1.82) is 0 Å². The number of hydrogen-bond donors (Lipinski definition) is 5. The van der Waals surface area contributed by atoms with Crippen molar-refractivity contribution in [3.8, 4) is 11.5 Å². The van der Waals surface area contributed by atoms with E-state index in [-0.39, 0.29) is 11.5 Å². The molecule has 2 aromatic rings. The average Bonchev–Trinajstić information content (AvgIpc) is 2.56. The Hall–Kier alpha value is -1.97. The molecule has 0 amide bonds. The predicted octanol–water partition coefficient (Wildman–Crippen LogP) is -0.881. The van der Waals surface area contributed by atoms with Gasteiger partial charge in [0.1, 0.15) is 41.4 Å². The van der Waals surface area contributed by atoms with Gasteiger partial charge in [0.2, 0.25) is 6.29 Å². The van der Waals surface area contributed by atoms with Crippen LogP contribution in [0.1, 0.15) is 0 Å². The van der Waals surface area contributed by atoms with Gasteiger partial charge in [0.25, 0.3) is 0 Å². The lowest BCUT2D eigenvalue weighted by Gasteiger charge is -2.39. The first-order valence-corrected chi connectivity index (χ1v) is 7.07. The second-order valence-electron chi connectivity index (χ2n) is 5.30. The highest BCUT2D eigenvalue weighted by atomic mass is 16.7. The molecule has 5 N–H and O–H groups in total. The van der Waals surface area contributed by atoms with E-state index >= 15 is 0 Å². The van der Waals surface area contributed by atoms with Crippen molar-refractivity contribution in [2.45, 2.75) is 30.7 Å². The maximum absolute atomic E-state index is 10.0. The predicted molar refractivity (Wildman–Crippen MR) is 77.8 cm³/mol. The van der Waals surface area contributed by atoms with E-state index in [1.54, 1.807) is 12.1 Å². The molecule has 0 radical (unpaired) electrons. The molecule has 1 fully saturated rings. The van der Waals surface area contributed by atoms with Crippen molar-refractivity contribution in [3.05, 3.63) is 30.5 Å². The SMILES string of the molecule is OC[C@H]1O[C@H](Oc2ccnc3c(O)cccc23)[C@H](O)[C@@H](O)[C@H]1O. The fourth-order valence-electron chi connectivity index (χ4n) is 2.53. The van der Waals surface area contributed by atoms with Crippen LogP contribution in [0.25, 0.3) is 10.9 Å². The molecule has 23 heavy (non-hydrogen) atoms. The molecule has 0 spiro atoms. The molecule has 124 valence electrons. The van der Waals surface area contributed by atoms with Gasteiger partial charge in [0.15, 0.2) is 0 Å². The topological polar surface area (TPSA) is 132 Å². The third kappa shape index (κ3) is 2.82. The Balaban J connectivity index is 1.91. The maximum atomic E-state index is 10.0. The molecule has 0 aliphatic carbocycles. The molecule has 0 unspecified atom stereocenters. The highest BCUT2D eigenvalue weighted by Gasteiger charge is 2.44.